The number of benzene rings is 1. The first kappa shape index (κ1) is 16.0. The molecule has 1 aromatic heterocycles. The van der Waals surface area contributed by atoms with Crippen LogP contribution >= 0.6 is 11.3 Å². The molecule has 1 aromatic carbocycles. The zero-order valence-corrected chi connectivity index (χ0v) is 13.6. The van der Waals surface area contributed by atoms with Crippen LogP contribution in [0.2, 0.25) is 0 Å². The molecule has 1 heterocycles. The van der Waals surface area contributed by atoms with Gasteiger partial charge < -0.3 is 14.8 Å². The van der Waals surface area contributed by atoms with Crippen LogP contribution < -0.4 is 14.8 Å². The van der Waals surface area contributed by atoms with Gasteiger partial charge in [0.1, 0.15) is 11.5 Å². The number of aromatic nitrogens is 1. The van der Waals surface area contributed by atoms with Crippen LogP contribution in [0.3, 0.4) is 0 Å². The van der Waals surface area contributed by atoms with Gasteiger partial charge in [0.15, 0.2) is 0 Å². The SMILES string of the molecule is COc1cc(CNC(=O)/C=C/c2csc(C)n2)cc(OC)c1. The molecule has 0 fully saturated rings. The van der Waals surface area contributed by atoms with Crippen molar-refractivity contribution in [1.82, 2.24) is 10.3 Å². The summed E-state index contributed by atoms with van der Waals surface area (Å²) < 4.78 is 10.4. The average molecular weight is 318 g/mol. The third kappa shape index (κ3) is 4.60. The number of nitrogens with one attached hydrogen (secondary N) is 1. The van der Waals surface area contributed by atoms with E-state index in [9.17, 15) is 4.79 Å². The van der Waals surface area contributed by atoms with Crippen LogP contribution in [-0.4, -0.2) is 25.1 Å². The Kier molecular flexibility index (Phi) is 5.55. The van der Waals surface area contributed by atoms with Crippen molar-refractivity contribution >= 4 is 23.3 Å². The van der Waals surface area contributed by atoms with Crippen molar-refractivity contribution in [1.29, 1.82) is 0 Å². The summed E-state index contributed by atoms with van der Waals surface area (Å²) in [6.45, 7) is 2.32. The van der Waals surface area contributed by atoms with E-state index in [0.29, 0.717) is 18.0 Å². The van der Waals surface area contributed by atoms with Crippen molar-refractivity contribution in [3.8, 4) is 11.5 Å². The molecule has 0 bridgehead atoms. The first-order valence-electron chi connectivity index (χ1n) is 6.70. The number of nitrogens with zero attached hydrogens (tertiary/aromatic N) is 1. The van der Waals surface area contributed by atoms with Crippen molar-refractivity contribution in [3.63, 3.8) is 0 Å². The first-order valence-corrected chi connectivity index (χ1v) is 7.58. The Morgan fingerprint density at radius 2 is 1.95 bits per heavy atom. The van der Waals surface area contributed by atoms with E-state index in [0.717, 1.165) is 16.3 Å². The molecule has 22 heavy (non-hydrogen) atoms. The molecule has 0 unspecified atom stereocenters. The van der Waals surface area contributed by atoms with Gasteiger partial charge in [0.05, 0.1) is 24.9 Å². The standard InChI is InChI=1S/C16H18N2O3S/c1-11-18-13(10-22-11)4-5-16(19)17-9-12-6-14(20-2)8-15(7-12)21-3/h4-8,10H,9H2,1-3H3,(H,17,19)/b5-4+. The predicted molar refractivity (Wildman–Crippen MR) is 87.3 cm³/mol. The number of methoxy groups -OCH3 is 2. The fourth-order valence-corrected chi connectivity index (χ4v) is 2.41. The lowest BCUT2D eigenvalue weighted by Gasteiger charge is -2.08. The molecule has 6 heteroatoms. The number of carbonyl (C=O) groups is 1. The molecule has 0 saturated carbocycles. The van der Waals surface area contributed by atoms with E-state index < -0.39 is 0 Å². The Hall–Kier alpha value is -2.34. The number of amides is 1. The molecule has 0 aliphatic rings. The minimum atomic E-state index is -0.174. The van der Waals surface area contributed by atoms with Crippen molar-refractivity contribution in [2.75, 3.05) is 14.2 Å². The van der Waals surface area contributed by atoms with E-state index >= 15 is 0 Å². The quantitative estimate of drug-likeness (QED) is 0.832. The summed E-state index contributed by atoms with van der Waals surface area (Å²) in [6.07, 6.45) is 3.18. The summed E-state index contributed by atoms with van der Waals surface area (Å²) in [5.74, 6) is 1.21. The lowest BCUT2D eigenvalue weighted by molar-refractivity contribution is -0.116. The predicted octanol–water partition coefficient (Wildman–Crippen LogP) is 2.80. The van der Waals surface area contributed by atoms with Gasteiger partial charge in [0.25, 0.3) is 0 Å². The second kappa shape index (κ2) is 7.61. The molecule has 2 aromatic rings. The Labute approximate surface area is 133 Å². The third-order valence-electron chi connectivity index (χ3n) is 2.92. The summed E-state index contributed by atoms with van der Waals surface area (Å²) in [5.41, 5.74) is 1.70. The fourth-order valence-electron chi connectivity index (χ4n) is 1.83. The maximum Gasteiger partial charge on any atom is 0.244 e. The van der Waals surface area contributed by atoms with Gasteiger partial charge in [-0.05, 0) is 30.7 Å². The van der Waals surface area contributed by atoms with Crippen LogP contribution in [0.25, 0.3) is 6.08 Å². The highest BCUT2D eigenvalue weighted by atomic mass is 32.1. The number of hydrogen-bond donors (Lipinski definition) is 1. The first-order chi connectivity index (χ1) is 10.6. The van der Waals surface area contributed by atoms with Gasteiger partial charge in [-0.25, -0.2) is 4.98 Å². The molecular formula is C16H18N2O3S. The lowest BCUT2D eigenvalue weighted by atomic mass is 10.2. The molecule has 2 rings (SSSR count). The Morgan fingerprint density at radius 3 is 2.50 bits per heavy atom. The molecular weight excluding hydrogens is 300 g/mol. The highest BCUT2D eigenvalue weighted by Crippen LogP contribution is 2.22. The smallest absolute Gasteiger partial charge is 0.244 e. The van der Waals surface area contributed by atoms with Gasteiger partial charge in [-0.3, -0.25) is 4.79 Å². The molecule has 1 N–H and O–H groups in total. The largest absolute Gasteiger partial charge is 0.497 e. The molecule has 5 nitrogen and oxygen atoms in total. The summed E-state index contributed by atoms with van der Waals surface area (Å²) >= 11 is 1.55. The average Bonchev–Trinajstić information content (AvgIpc) is 2.96. The maximum absolute atomic E-state index is 11.8. The highest BCUT2D eigenvalue weighted by Gasteiger charge is 2.03. The zero-order chi connectivity index (χ0) is 15.9. The fraction of sp³-hybridized carbons (Fsp3) is 0.250. The van der Waals surface area contributed by atoms with Crippen LogP contribution in [0.5, 0.6) is 11.5 Å². The van der Waals surface area contributed by atoms with E-state index in [4.69, 9.17) is 9.47 Å². The molecule has 0 spiro atoms. The topological polar surface area (TPSA) is 60.5 Å². The normalized spacial score (nSPS) is 10.7. The van der Waals surface area contributed by atoms with E-state index in [-0.39, 0.29) is 5.91 Å². The van der Waals surface area contributed by atoms with Crippen molar-refractivity contribution in [3.05, 3.63) is 45.9 Å². The number of hydrogen-bond acceptors (Lipinski definition) is 5. The van der Waals surface area contributed by atoms with Crippen molar-refractivity contribution < 1.29 is 14.3 Å². The molecule has 0 aliphatic heterocycles. The summed E-state index contributed by atoms with van der Waals surface area (Å²) in [7, 11) is 3.19. The van der Waals surface area contributed by atoms with E-state index in [1.165, 1.54) is 6.08 Å². The maximum atomic E-state index is 11.8. The van der Waals surface area contributed by atoms with Crippen LogP contribution in [0, 0.1) is 6.92 Å². The van der Waals surface area contributed by atoms with Crippen LogP contribution in [0.1, 0.15) is 16.3 Å². The second-order valence-electron chi connectivity index (χ2n) is 4.56. The Morgan fingerprint density at radius 1 is 1.27 bits per heavy atom. The molecule has 0 radical (unpaired) electrons. The summed E-state index contributed by atoms with van der Waals surface area (Å²) in [4.78, 5) is 16.1. The molecule has 0 aliphatic carbocycles. The van der Waals surface area contributed by atoms with Gasteiger partial charge in [0.2, 0.25) is 5.91 Å². The van der Waals surface area contributed by atoms with Crippen molar-refractivity contribution in [2.24, 2.45) is 0 Å². The second-order valence-corrected chi connectivity index (χ2v) is 5.63. The van der Waals surface area contributed by atoms with E-state index in [1.807, 2.05) is 24.4 Å². The lowest BCUT2D eigenvalue weighted by Crippen LogP contribution is -2.20. The van der Waals surface area contributed by atoms with Crippen LogP contribution in [0.15, 0.2) is 29.7 Å². The number of ether oxygens (including phenoxy) is 2. The Bertz CT molecular complexity index is 658. The Balaban J connectivity index is 1.94. The summed E-state index contributed by atoms with van der Waals surface area (Å²) in [5, 5.41) is 5.70. The van der Waals surface area contributed by atoms with E-state index in [2.05, 4.69) is 10.3 Å². The molecule has 0 saturated heterocycles. The highest BCUT2D eigenvalue weighted by molar-refractivity contribution is 7.09. The van der Waals surface area contributed by atoms with Gasteiger partial charge in [0, 0.05) is 24.1 Å². The van der Waals surface area contributed by atoms with Crippen molar-refractivity contribution in [2.45, 2.75) is 13.5 Å². The third-order valence-corrected chi connectivity index (χ3v) is 3.71. The minimum Gasteiger partial charge on any atom is -0.497 e. The number of aryl methyl sites for hydroxylation is 1. The number of thiazole rings is 1. The number of rotatable bonds is 6. The van der Waals surface area contributed by atoms with Crippen LogP contribution in [-0.2, 0) is 11.3 Å². The number of carbonyl (C=O) groups excluding carboxylic acids is 1. The molecule has 0 atom stereocenters. The van der Waals surface area contributed by atoms with Gasteiger partial charge >= 0.3 is 0 Å². The minimum absolute atomic E-state index is 0.174. The zero-order valence-electron chi connectivity index (χ0n) is 12.8. The van der Waals surface area contributed by atoms with E-state index in [1.54, 1.807) is 37.7 Å². The van der Waals surface area contributed by atoms with Gasteiger partial charge in [-0.15, -0.1) is 11.3 Å². The molecule has 1 amide bonds. The molecule has 116 valence electrons. The monoisotopic (exact) mass is 318 g/mol. The van der Waals surface area contributed by atoms with Crippen LogP contribution in [0.4, 0.5) is 0 Å². The van der Waals surface area contributed by atoms with Gasteiger partial charge in [-0.1, -0.05) is 0 Å². The summed E-state index contributed by atoms with van der Waals surface area (Å²) in [6, 6.07) is 5.50. The van der Waals surface area contributed by atoms with Gasteiger partial charge in [-0.2, -0.15) is 0 Å².